The van der Waals surface area contributed by atoms with Crippen LogP contribution in [0.2, 0.25) is 0 Å². The van der Waals surface area contributed by atoms with Crippen LogP contribution in [0.3, 0.4) is 0 Å². The number of aliphatic carboxylic acids is 1. The predicted molar refractivity (Wildman–Crippen MR) is 46.4 cm³/mol. The molecule has 0 aromatic carbocycles. The molecule has 1 fully saturated rings. The molecular formula is C5H11Na3O2. The van der Waals surface area contributed by atoms with Crippen molar-refractivity contribution in [1.82, 2.24) is 0 Å². The van der Waals surface area contributed by atoms with E-state index in [0.29, 0.717) is 0 Å². The van der Waals surface area contributed by atoms with Crippen molar-refractivity contribution in [3.63, 3.8) is 0 Å². The number of carboxylic acid groups (broad SMARTS) is 1. The predicted octanol–water partition coefficient (Wildman–Crippen LogP) is -1.07. The minimum absolute atomic E-state index is 0. The molecule has 0 amide bonds. The maximum atomic E-state index is 9.98. The van der Waals surface area contributed by atoms with Crippen LogP contribution >= 0.6 is 0 Å². The van der Waals surface area contributed by atoms with Gasteiger partial charge in [-0.1, -0.05) is 6.42 Å². The maximum absolute atomic E-state index is 9.98. The monoisotopic (exact) mass is 172 g/mol. The molecule has 5 heteroatoms. The van der Waals surface area contributed by atoms with Crippen molar-refractivity contribution in [3.8, 4) is 0 Å². The van der Waals surface area contributed by atoms with Gasteiger partial charge in [0.1, 0.15) is 0 Å². The van der Waals surface area contributed by atoms with Gasteiger partial charge in [0, 0.05) is 0 Å². The van der Waals surface area contributed by atoms with Gasteiger partial charge >= 0.3 is 94.6 Å². The zero-order valence-electron chi connectivity index (χ0n) is 4.05. The molecule has 0 spiro atoms. The van der Waals surface area contributed by atoms with Crippen LogP contribution in [0.5, 0.6) is 0 Å². The molecule has 0 atom stereocenters. The van der Waals surface area contributed by atoms with Crippen molar-refractivity contribution in [2.24, 2.45) is 5.92 Å². The number of carbonyl (C=O) groups is 1. The summed E-state index contributed by atoms with van der Waals surface area (Å²) < 4.78 is 0. The Morgan fingerprint density at radius 3 is 1.60 bits per heavy atom. The van der Waals surface area contributed by atoms with Gasteiger partial charge in [0.2, 0.25) is 0 Å². The fourth-order valence-corrected chi connectivity index (χ4v) is 0.655. The Kier molecular flexibility index (Phi) is 17.5. The van der Waals surface area contributed by atoms with Crippen LogP contribution in [-0.2, 0) is 4.79 Å². The topological polar surface area (TPSA) is 37.3 Å². The second-order valence-electron chi connectivity index (χ2n) is 1.97. The Labute approximate surface area is 127 Å². The molecule has 1 rings (SSSR count). The van der Waals surface area contributed by atoms with E-state index in [2.05, 4.69) is 0 Å². The summed E-state index contributed by atoms with van der Waals surface area (Å²) in [6, 6.07) is 0. The van der Waals surface area contributed by atoms with Gasteiger partial charge < -0.3 is 5.11 Å². The van der Waals surface area contributed by atoms with E-state index in [1.807, 2.05) is 0 Å². The quantitative estimate of drug-likeness (QED) is 0.511. The van der Waals surface area contributed by atoms with Crippen molar-refractivity contribution in [1.29, 1.82) is 0 Å². The first kappa shape index (κ1) is 18.3. The first-order chi connectivity index (χ1) is 3.30. The molecule has 1 N–H and O–H groups in total. The minimum atomic E-state index is -0.619. The Balaban J connectivity index is -0.000000163. The molecule has 1 aliphatic rings. The van der Waals surface area contributed by atoms with Crippen molar-refractivity contribution < 1.29 is 9.90 Å². The Bertz CT molecular complexity index is 92.9. The average Bonchev–Trinajstić information content (AvgIpc) is 1.23. The molecule has 0 aromatic rings. The average molecular weight is 172 g/mol. The van der Waals surface area contributed by atoms with Crippen LogP contribution in [0.1, 0.15) is 19.3 Å². The van der Waals surface area contributed by atoms with Gasteiger partial charge in [-0.2, -0.15) is 0 Å². The van der Waals surface area contributed by atoms with Gasteiger partial charge in [-0.05, 0) is 12.8 Å². The molecule has 1 saturated carbocycles. The van der Waals surface area contributed by atoms with E-state index < -0.39 is 5.97 Å². The van der Waals surface area contributed by atoms with E-state index in [9.17, 15) is 4.79 Å². The number of hydrogen-bond acceptors (Lipinski definition) is 1. The van der Waals surface area contributed by atoms with E-state index in [1.54, 1.807) is 0 Å². The summed E-state index contributed by atoms with van der Waals surface area (Å²) in [4.78, 5) is 9.98. The van der Waals surface area contributed by atoms with Crippen molar-refractivity contribution in [2.75, 3.05) is 0 Å². The number of carboxylic acids is 1. The third-order valence-corrected chi connectivity index (χ3v) is 1.45. The molecule has 1 aliphatic carbocycles. The Hall–Kier alpha value is 2.47. The molecule has 0 heterocycles. The summed E-state index contributed by atoms with van der Waals surface area (Å²) in [5.41, 5.74) is 0. The molecule has 0 radical (unpaired) electrons. The SMILES string of the molecule is O=C(O)C1CCC1.[NaH].[NaH].[NaH]. The Morgan fingerprint density at radius 2 is 1.60 bits per heavy atom. The molecular weight excluding hydrogens is 161 g/mol. The van der Waals surface area contributed by atoms with Gasteiger partial charge in [0.15, 0.2) is 0 Å². The van der Waals surface area contributed by atoms with Gasteiger partial charge in [-0.3, -0.25) is 4.79 Å². The standard InChI is InChI=1S/C5H8O2.3Na.3H/c6-5(7)4-2-1-3-4;;;;;;/h4H,1-3H2,(H,6,7);;;;;;. The number of rotatable bonds is 1. The zero-order chi connectivity index (χ0) is 5.28. The molecule has 0 aromatic heterocycles. The molecule has 2 nitrogen and oxygen atoms in total. The fraction of sp³-hybridized carbons (Fsp3) is 0.800. The molecule has 0 saturated heterocycles. The van der Waals surface area contributed by atoms with Crippen LogP contribution in [0.25, 0.3) is 0 Å². The first-order valence-corrected chi connectivity index (χ1v) is 2.53. The van der Waals surface area contributed by atoms with Crippen molar-refractivity contribution in [2.45, 2.75) is 19.3 Å². The van der Waals surface area contributed by atoms with Gasteiger partial charge in [0.25, 0.3) is 0 Å². The summed E-state index contributed by atoms with van der Waals surface area (Å²) in [7, 11) is 0. The number of hydrogen-bond donors (Lipinski definition) is 1. The molecule has 10 heavy (non-hydrogen) atoms. The first-order valence-electron chi connectivity index (χ1n) is 2.53. The van der Waals surface area contributed by atoms with E-state index in [1.165, 1.54) is 0 Å². The van der Waals surface area contributed by atoms with Crippen LogP contribution in [0.15, 0.2) is 0 Å². The van der Waals surface area contributed by atoms with Crippen LogP contribution in [0, 0.1) is 5.92 Å². The van der Waals surface area contributed by atoms with Crippen molar-refractivity contribution in [3.05, 3.63) is 0 Å². The Morgan fingerprint density at radius 1 is 1.20 bits per heavy atom. The van der Waals surface area contributed by atoms with Crippen LogP contribution in [0.4, 0.5) is 0 Å². The van der Waals surface area contributed by atoms with E-state index in [4.69, 9.17) is 5.11 Å². The molecule has 0 aliphatic heterocycles. The normalized spacial score (nSPS) is 14.8. The summed E-state index contributed by atoms with van der Waals surface area (Å²) in [5, 5.41) is 8.23. The van der Waals surface area contributed by atoms with E-state index in [-0.39, 0.29) is 94.6 Å². The summed E-state index contributed by atoms with van der Waals surface area (Å²) in [5.74, 6) is -0.619. The second-order valence-corrected chi connectivity index (χ2v) is 1.97. The molecule has 0 bridgehead atoms. The van der Waals surface area contributed by atoms with Gasteiger partial charge in [0.05, 0.1) is 5.92 Å². The summed E-state index contributed by atoms with van der Waals surface area (Å²) >= 11 is 0. The zero-order valence-corrected chi connectivity index (χ0v) is 4.05. The van der Waals surface area contributed by atoms with E-state index >= 15 is 0 Å². The van der Waals surface area contributed by atoms with E-state index in [0.717, 1.165) is 19.3 Å². The van der Waals surface area contributed by atoms with Crippen molar-refractivity contribution >= 4 is 94.6 Å². The third kappa shape index (κ3) is 6.04. The van der Waals surface area contributed by atoms with Crippen LogP contribution in [-0.4, -0.2) is 99.7 Å². The summed E-state index contributed by atoms with van der Waals surface area (Å²) in [6.45, 7) is 0. The summed E-state index contributed by atoms with van der Waals surface area (Å²) in [6.07, 6.45) is 2.90. The van der Waals surface area contributed by atoms with Gasteiger partial charge in [-0.25, -0.2) is 0 Å². The molecule has 0 unspecified atom stereocenters. The molecule has 46 valence electrons. The third-order valence-electron chi connectivity index (χ3n) is 1.45. The second kappa shape index (κ2) is 9.56. The fourth-order valence-electron chi connectivity index (χ4n) is 0.655. The van der Waals surface area contributed by atoms with Gasteiger partial charge in [-0.15, -0.1) is 0 Å². The van der Waals surface area contributed by atoms with Crippen LogP contribution < -0.4 is 0 Å².